The van der Waals surface area contributed by atoms with Crippen LogP contribution in [-0.2, 0) is 0 Å². The molecule has 4 heteroatoms. The Morgan fingerprint density at radius 1 is 1.17 bits per heavy atom. The first-order valence-electron chi connectivity index (χ1n) is 5.65. The van der Waals surface area contributed by atoms with E-state index in [0.29, 0.717) is 11.2 Å². The number of fused-ring (bicyclic) bond motifs is 1. The van der Waals surface area contributed by atoms with Crippen LogP contribution in [0.25, 0.3) is 17.0 Å². The van der Waals surface area contributed by atoms with Gasteiger partial charge >= 0.3 is 0 Å². The quantitative estimate of drug-likeness (QED) is 0.643. The number of pyridine rings is 1. The summed E-state index contributed by atoms with van der Waals surface area (Å²) >= 11 is 0. The Balaban J connectivity index is 2.28. The van der Waals surface area contributed by atoms with Gasteiger partial charge in [0.05, 0.1) is 5.56 Å². The zero-order chi connectivity index (χ0) is 12.5. The first-order chi connectivity index (χ1) is 8.79. The summed E-state index contributed by atoms with van der Waals surface area (Å²) in [6, 6.07) is 11.6. The average Bonchev–Trinajstić information content (AvgIpc) is 2.82. The fourth-order valence-corrected chi connectivity index (χ4v) is 2.01. The number of hydrogen-bond acceptors (Lipinski definition) is 3. The molecule has 0 fully saturated rings. The first-order valence-corrected chi connectivity index (χ1v) is 5.65. The number of carbonyl (C=O) groups is 1. The van der Waals surface area contributed by atoms with Gasteiger partial charge in [-0.1, -0.05) is 23.8 Å². The number of aldehydes is 1. The predicted molar refractivity (Wildman–Crippen MR) is 68.5 cm³/mol. The summed E-state index contributed by atoms with van der Waals surface area (Å²) in [4.78, 5) is 10.9. The Bertz CT molecular complexity index is 731. The predicted octanol–water partition coefficient (Wildman–Crippen LogP) is 2.52. The molecule has 2 heterocycles. The van der Waals surface area contributed by atoms with Crippen molar-refractivity contribution in [3.63, 3.8) is 0 Å². The van der Waals surface area contributed by atoms with Gasteiger partial charge in [-0.3, -0.25) is 9.20 Å². The highest BCUT2D eigenvalue weighted by molar-refractivity contribution is 5.84. The third kappa shape index (κ3) is 1.59. The maximum absolute atomic E-state index is 10.9. The van der Waals surface area contributed by atoms with E-state index in [9.17, 15) is 4.79 Å². The van der Waals surface area contributed by atoms with Crippen molar-refractivity contribution >= 4 is 11.9 Å². The van der Waals surface area contributed by atoms with Gasteiger partial charge in [-0.05, 0) is 25.1 Å². The van der Waals surface area contributed by atoms with Crippen molar-refractivity contribution in [1.29, 1.82) is 0 Å². The Morgan fingerprint density at radius 3 is 2.83 bits per heavy atom. The summed E-state index contributed by atoms with van der Waals surface area (Å²) in [5.41, 5.74) is 3.29. The lowest BCUT2D eigenvalue weighted by Gasteiger charge is -2.01. The standard InChI is InChI=1S/C14H11N3O/c1-10-4-2-5-11(8-10)13-15-16-14-12(9-18)6-3-7-17(13)14/h2-9H,1H3. The number of aromatic nitrogens is 3. The Morgan fingerprint density at radius 2 is 2.06 bits per heavy atom. The maximum Gasteiger partial charge on any atom is 0.171 e. The van der Waals surface area contributed by atoms with Crippen LogP contribution in [0.3, 0.4) is 0 Å². The van der Waals surface area contributed by atoms with Crippen molar-refractivity contribution in [2.75, 3.05) is 0 Å². The average molecular weight is 237 g/mol. The van der Waals surface area contributed by atoms with Gasteiger partial charge in [0.15, 0.2) is 17.8 Å². The molecule has 3 aromatic rings. The topological polar surface area (TPSA) is 47.3 Å². The lowest BCUT2D eigenvalue weighted by molar-refractivity contribution is 0.112. The summed E-state index contributed by atoms with van der Waals surface area (Å²) in [5.74, 6) is 0.748. The molecule has 0 amide bonds. The highest BCUT2D eigenvalue weighted by Gasteiger charge is 2.10. The molecule has 0 N–H and O–H groups in total. The highest BCUT2D eigenvalue weighted by atomic mass is 16.1. The van der Waals surface area contributed by atoms with Crippen LogP contribution in [0, 0.1) is 6.92 Å². The summed E-state index contributed by atoms with van der Waals surface area (Å²) in [6.45, 7) is 2.03. The van der Waals surface area contributed by atoms with Crippen molar-refractivity contribution < 1.29 is 4.79 Å². The summed E-state index contributed by atoms with van der Waals surface area (Å²) in [6.07, 6.45) is 2.66. The van der Waals surface area contributed by atoms with Crippen molar-refractivity contribution in [2.24, 2.45) is 0 Å². The van der Waals surface area contributed by atoms with Crippen LogP contribution in [0.2, 0.25) is 0 Å². The number of aryl methyl sites for hydroxylation is 1. The van der Waals surface area contributed by atoms with Gasteiger partial charge < -0.3 is 0 Å². The zero-order valence-electron chi connectivity index (χ0n) is 9.87. The molecule has 0 aliphatic heterocycles. The van der Waals surface area contributed by atoms with E-state index < -0.39 is 0 Å². The molecule has 1 aromatic carbocycles. The second kappa shape index (κ2) is 4.07. The number of hydrogen-bond donors (Lipinski definition) is 0. The largest absolute Gasteiger partial charge is 0.298 e. The van der Waals surface area contributed by atoms with E-state index in [2.05, 4.69) is 10.2 Å². The Kier molecular flexibility index (Phi) is 2.41. The normalized spacial score (nSPS) is 10.7. The van der Waals surface area contributed by atoms with Crippen molar-refractivity contribution in [1.82, 2.24) is 14.6 Å². The Hall–Kier alpha value is -2.49. The number of carbonyl (C=O) groups excluding carboxylic acids is 1. The molecule has 0 unspecified atom stereocenters. The minimum absolute atomic E-state index is 0.545. The minimum atomic E-state index is 0.545. The molecule has 2 aromatic heterocycles. The van der Waals surface area contributed by atoms with Gasteiger partial charge in [-0.2, -0.15) is 0 Å². The fraction of sp³-hybridized carbons (Fsp3) is 0.0714. The van der Waals surface area contributed by atoms with E-state index in [0.717, 1.165) is 23.2 Å². The van der Waals surface area contributed by atoms with E-state index in [1.54, 1.807) is 6.07 Å². The van der Waals surface area contributed by atoms with Crippen LogP contribution < -0.4 is 0 Å². The van der Waals surface area contributed by atoms with Crippen molar-refractivity contribution in [3.8, 4) is 11.4 Å². The molecule has 0 saturated heterocycles. The molecule has 4 nitrogen and oxygen atoms in total. The first kappa shape index (κ1) is 10.7. The molecule has 0 aliphatic rings. The van der Waals surface area contributed by atoms with Crippen LogP contribution in [0.5, 0.6) is 0 Å². The van der Waals surface area contributed by atoms with E-state index in [-0.39, 0.29) is 0 Å². The zero-order valence-corrected chi connectivity index (χ0v) is 9.87. The third-order valence-electron chi connectivity index (χ3n) is 2.87. The van der Waals surface area contributed by atoms with Gasteiger partial charge in [0, 0.05) is 11.8 Å². The van der Waals surface area contributed by atoms with Gasteiger partial charge in [0.2, 0.25) is 0 Å². The molecule has 0 bridgehead atoms. The lowest BCUT2D eigenvalue weighted by Crippen LogP contribution is -1.92. The SMILES string of the molecule is Cc1cccc(-c2nnc3c(C=O)cccn23)c1. The smallest absolute Gasteiger partial charge is 0.171 e. The van der Waals surface area contributed by atoms with E-state index >= 15 is 0 Å². The molecular weight excluding hydrogens is 226 g/mol. The molecule has 18 heavy (non-hydrogen) atoms. The summed E-state index contributed by atoms with van der Waals surface area (Å²) in [7, 11) is 0. The molecule has 0 radical (unpaired) electrons. The molecule has 0 aliphatic carbocycles. The third-order valence-corrected chi connectivity index (χ3v) is 2.87. The fourth-order valence-electron chi connectivity index (χ4n) is 2.01. The number of rotatable bonds is 2. The van der Waals surface area contributed by atoms with Gasteiger partial charge in [-0.15, -0.1) is 10.2 Å². The van der Waals surface area contributed by atoms with Gasteiger partial charge in [0.1, 0.15) is 0 Å². The highest BCUT2D eigenvalue weighted by Crippen LogP contribution is 2.20. The molecule has 0 atom stereocenters. The van der Waals surface area contributed by atoms with Gasteiger partial charge in [-0.25, -0.2) is 0 Å². The maximum atomic E-state index is 10.9. The van der Waals surface area contributed by atoms with Crippen LogP contribution >= 0.6 is 0 Å². The molecule has 0 saturated carbocycles. The summed E-state index contributed by atoms with van der Waals surface area (Å²) in [5, 5.41) is 8.25. The molecule has 0 spiro atoms. The van der Waals surface area contributed by atoms with E-state index in [4.69, 9.17) is 0 Å². The van der Waals surface area contributed by atoms with Crippen molar-refractivity contribution in [2.45, 2.75) is 6.92 Å². The van der Waals surface area contributed by atoms with Crippen LogP contribution in [0.4, 0.5) is 0 Å². The van der Waals surface area contributed by atoms with E-state index in [1.165, 1.54) is 0 Å². The Labute approximate surface area is 104 Å². The van der Waals surface area contributed by atoms with Crippen LogP contribution in [0.15, 0.2) is 42.6 Å². The summed E-state index contributed by atoms with van der Waals surface area (Å²) < 4.78 is 1.83. The second-order valence-corrected chi connectivity index (χ2v) is 4.17. The number of benzene rings is 1. The monoisotopic (exact) mass is 237 g/mol. The second-order valence-electron chi connectivity index (χ2n) is 4.17. The molecule has 3 rings (SSSR count). The van der Waals surface area contributed by atoms with Crippen molar-refractivity contribution in [3.05, 3.63) is 53.7 Å². The van der Waals surface area contributed by atoms with E-state index in [1.807, 2.05) is 47.9 Å². The van der Waals surface area contributed by atoms with Gasteiger partial charge in [0.25, 0.3) is 0 Å². The molecule has 88 valence electrons. The minimum Gasteiger partial charge on any atom is -0.298 e. The lowest BCUT2D eigenvalue weighted by atomic mass is 10.1. The van der Waals surface area contributed by atoms with Crippen LogP contribution in [0.1, 0.15) is 15.9 Å². The molecular formula is C14H11N3O. The van der Waals surface area contributed by atoms with Crippen LogP contribution in [-0.4, -0.2) is 20.9 Å². The number of nitrogens with zero attached hydrogens (tertiary/aromatic N) is 3.